The number of hydrogen-bond donors (Lipinski definition) is 0. The summed E-state index contributed by atoms with van der Waals surface area (Å²) in [6.45, 7) is 8.57. The van der Waals surface area contributed by atoms with Crippen LogP contribution in [0.1, 0.15) is 46.5 Å². The monoisotopic (exact) mass is 188 g/mol. The molecule has 0 aliphatic rings. The Morgan fingerprint density at radius 1 is 1.08 bits per heavy atom. The molecule has 0 bridgehead atoms. The molecule has 0 aliphatic heterocycles. The Morgan fingerprint density at radius 2 is 1.85 bits per heavy atom. The summed E-state index contributed by atoms with van der Waals surface area (Å²) < 4.78 is 10.3. The maximum Gasteiger partial charge on any atom is 0.146 e. The first-order chi connectivity index (χ1) is 6.31. The summed E-state index contributed by atoms with van der Waals surface area (Å²) in [6.07, 6.45) is 5.07. The van der Waals surface area contributed by atoms with Crippen LogP contribution in [0.2, 0.25) is 0 Å². The highest BCUT2D eigenvalue weighted by molar-refractivity contribution is 4.51. The minimum Gasteiger partial charge on any atom is -0.356 e. The SMILES string of the molecule is CCCC(C)CCCOCOCC. The molecule has 1 unspecified atom stereocenters. The number of rotatable bonds is 9. The first-order valence-corrected chi connectivity index (χ1v) is 5.46. The molecule has 0 spiro atoms. The van der Waals surface area contributed by atoms with Crippen molar-refractivity contribution in [2.24, 2.45) is 5.92 Å². The summed E-state index contributed by atoms with van der Waals surface area (Å²) in [7, 11) is 0. The lowest BCUT2D eigenvalue weighted by molar-refractivity contribution is -0.0507. The highest BCUT2D eigenvalue weighted by Crippen LogP contribution is 2.11. The van der Waals surface area contributed by atoms with E-state index in [0.717, 1.165) is 25.6 Å². The van der Waals surface area contributed by atoms with Crippen LogP contribution in [0, 0.1) is 5.92 Å². The second kappa shape index (κ2) is 10.0. The Hall–Kier alpha value is -0.0800. The van der Waals surface area contributed by atoms with Crippen molar-refractivity contribution in [2.45, 2.75) is 46.5 Å². The third kappa shape index (κ3) is 9.84. The van der Waals surface area contributed by atoms with Crippen molar-refractivity contribution in [3.63, 3.8) is 0 Å². The fourth-order valence-electron chi connectivity index (χ4n) is 1.37. The molecule has 0 aromatic rings. The van der Waals surface area contributed by atoms with E-state index in [1.807, 2.05) is 6.92 Å². The lowest BCUT2D eigenvalue weighted by Crippen LogP contribution is -2.03. The summed E-state index contributed by atoms with van der Waals surface area (Å²) in [6, 6.07) is 0. The highest BCUT2D eigenvalue weighted by atomic mass is 16.7. The van der Waals surface area contributed by atoms with Gasteiger partial charge in [-0.2, -0.15) is 0 Å². The van der Waals surface area contributed by atoms with Gasteiger partial charge in [-0.3, -0.25) is 0 Å². The van der Waals surface area contributed by atoms with Crippen molar-refractivity contribution in [1.29, 1.82) is 0 Å². The molecule has 0 rings (SSSR count). The van der Waals surface area contributed by atoms with Crippen LogP contribution in [0.4, 0.5) is 0 Å². The van der Waals surface area contributed by atoms with E-state index in [1.54, 1.807) is 0 Å². The first kappa shape index (κ1) is 12.9. The van der Waals surface area contributed by atoms with Gasteiger partial charge in [0.2, 0.25) is 0 Å². The molecule has 0 saturated heterocycles. The van der Waals surface area contributed by atoms with E-state index in [0.29, 0.717) is 6.79 Å². The van der Waals surface area contributed by atoms with Crippen molar-refractivity contribution >= 4 is 0 Å². The predicted octanol–water partition coefficient (Wildman–Crippen LogP) is 3.21. The van der Waals surface area contributed by atoms with Crippen LogP contribution in [0.5, 0.6) is 0 Å². The molecule has 80 valence electrons. The van der Waals surface area contributed by atoms with Gasteiger partial charge in [0.05, 0.1) is 0 Å². The fourth-order valence-corrected chi connectivity index (χ4v) is 1.37. The topological polar surface area (TPSA) is 18.5 Å². The Labute approximate surface area is 82.6 Å². The average molecular weight is 188 g/mol. The average Bonchev–Trinajstić information content (AvgIpc) is 2.11. The predicted molar refractivity (Wildman–Crippen MR) is 55.8 cm³/mol. The third-order valence-corrected chi connectivity index (χ3v) is 2.14. The Bertz CT molecular complexity index is 94.1. The molecule has 2 nitrogen and oxygen atoms in total. The molecular formula is C11H24O2. The normalized spacial score (nSPS) is 13.2. The van der Waals surface area contributed by atoms with Crippen LogP contribution < -0.4 is 0 Å². The van der Waals surface area contributed by atoms with E-state index in [1.165, 1.54) is 19.3 Å². The van der Waals surface area contributed by atoms with Crippen molar-refractivity contribution < 1.29 is 9.47 Å². The molecular weight excluding hydrogens is 164 g/mol. The summed E-state index contributed by atoms with van der Waals surface area (Å²) in [5.74, 6) is 0.848. The van der Waals surface area contributed by atoms with Gasteiger partial charge in [0.1, 0.15) is 6.79 Å². The Morgan fingerprint density at radius 3 is 2.46 bits per heavy atom. The van der Waals surface area contributed by atoms with Gasteiger partial charge in [-0.1, -0.05) is 26.7 Å². The zero-order chi connectivity index (χ0) is 9.94. The van der Waals surface area contributed by atoms with Gasteiger partial charge in [0.25, 0.3) is 0 Å². The van der Waals surface area contributed by atoms with Crippen LogP contribution in [0.15, 0.2) is 0 Å². The van der Waals surface area contributed by atoms with Crippen LogP contribution in [0.25, 0.3) is 0 Å². The van der Waals surface area contributed by atoms with Crippen LogP contribution in [-0.2, 0) is 9.47 Å². The molecule has 0 aromatic heterocycles. The maximum absolute atomic E-state index is 5.28. The molecule has 0 amide bonds. The summed E-state index contributed by atoms with van der Waals surface area (Å²) in [4.78, 5) is 0. The fraction of sp³-hybridized carbons (Fsp3) is 1.00. The Kier molecular flexibility index (Phi) is 9.94. The molecule has 0 saturated carbocycles. The van der Waals surface area contributed by atoms with Crippen molar-refractivity contribution in [1.82, 2.24) is 0 Å². The molecule has 0 fully saturated rings. The first-order valence-electron chi connectivity index (χ1n) is 5.46. The molecule has 0 aromatic carbocycles. The van der Waals surface area contributed by atoms with Crippen LogP contribution >= 0.6 is 0 Å². The molecule has 1 atom stereocenters. The van der Waals surface area contributed by atoms with Crippen molar-refractivity contribution in [2.75, 3.05) is 20.0 Å². The summed E-state index contributed by atoms with van der Waals surface area (Å²) >= 11 is 0. The molecule has 0 aliphatic carbocycles. The van der Waals surface area contributed by atoms with Gasteiger partial charge in [0.15, 0.2) is 0 Å². The zero-order valence-electron chi connectivity index (χ0n) is 9.34. The minimum atomic E-state index is 0.457. The van der Waals surface area contributed by atoms with Gasteiger partial charge >= 0.3 is 0 Å². The van der Waals surface area contributed by atoms with E-state index in [9.17, 15) is 0 Å². The largest absolute Gasteiger partial charge is 0.356 e. The smallest absolute Gasteiger partial charge is 0.146 e. The standard InChI is InChI=1S/C11H24O2/c1-4-7-11(3)8-6-9-13-10-12-5-2/h11H,4-10H2,1-3H3. The lowest BCUT2D eigenvalue weighted by atomic mass is 10.0. The van der Waals surface area contributed by atoms with E-state index < -0.39 is 0 Å². The quantitative estimate of drug-likeness (QED) is 0.408. The third-order valence-electron chi connectivity index (χ3n) is 2.14. The van der Waals surface area contributed by atoms with Gasteiger partial charge in [-0.05, 0) is 25.7 Å². The number of hydrogen-bond acceptors (Lipinski definition) is 2. The molecule has 0 N–H and O–H groups in total. The highest BCUT2D eigenvalue weighted by Gasteiger charge is 1.99. The van der Waals surface area contributed by atoms with Gasteiger partial charge in [0, 0.05) is 13.2 Å². The molecule has 13 heavy (non-hydrogen) atoms. The van der Waals surface area contributed by atoms with E-state index in [-0.39, 0.29) is 0 Å². The minimum absolute atomic E-state index is 0.457. The van der Waals surface area contributed by atoms with E-state index in [2.05, 4.69) is 13.8 Å². The van der Waals surface area contributed by atoms with Crippen molar-refractivity contribution in [3.8, 4) is 0 Å². The van der Waals surface area contributed by atoms with Gasteiger partial charge in [-0.25, -0.2) is 0 Å². The maximum atomic E-state index is 5.28. The van der Waals surface area contributed by atoms with E-state index in [4.69, 9.17) is 9.47 Å². The zero-order valence-corrected chi connectivity index (χ0v) is 9.34. The second-order valence-electron chi connectivity index (χ2n) is 3.55. The number of ether oxygens (including phenoxy) is 2. The second-order valence-corrected chi connectivity index (χ2v) is 3.55. The molecule has 0 radical (unpaired) electrons. The Balaban J connectivity index is 2.97. The van der Waals surface area contributed by atoms with Crippen molar-refractivity contribution in [3.05, 3.63) is 0 Å². The molecule has 0 heterocycles. The summed E-state index contributed by atoms with van der Waals surface area (Å²) in [5.41, 5.74) is 0. The van der Waals surface area contributed by atoms with E-state index >= 15 is 0 Å². The van der Waals surface area contributed by atoms with Gasteiger partial charge < -0.3 is 9.47 Å². The molecule has 2 heteroatoms. The lowest BCUT2D eigenvalue weighted by Gasteiger charge is -2.09. The van der Waals surface area contributed by atoms with Gasteiger partial charge in [-0.15, -0.1) is 0 Å². The van der Waals surface area contributed by atoms with Crippen LogP contribution in [0.3, 0.4) is 0 Å². The van der Waals surface area contributed by atoms with Crippen LogP contribution in [-0.4, -0.2) is 20.0 Å². The summed E-state index contributed by atoms with van der Waals surface area (Å²) in [5, 5.41) is 0.